The van der Waals surface area contributed by atoms with Gasteiger partial charge in [0.1, 0.15) is 4.90 Å². The molecule has 0 spiro atoms. The van der Waals surface area contributed by atoms with Crippen molar-refractivity contribution in [3.05, 3.63) is 122 Å². The number of methoxy groups -OCH3 is 1. The molecule has 3 atom stereocenters. The van der Waals surface area contributed by atoms with Crippen LogP contribution >= 0.6 is 22.6 Å². The highest BCUT2D eigenvalue weighted by atomic mass is 127. The van der Waals surface area contributed by atoms with Crippen LogP contribution in [0.25, 0.3) is 0 Å². The largest absolute Gasteiger partial charge is 0.493 e. The Labute approximate surface area is 260 Å². The molecule has 0 saturated carbocycles. The lowest BCUT2D eigenvalue weighted by Gasteiger charge is -2.37. The van der Waals surface area contributed by atoms with Gasteiger partial charge in [-0.2, -0.15) is 8.42 Å². The Bertz CT molecular complexity index is 1800. The van der Waals surface area contributed by atoms with E-state index in [1.54, 1.807) is 24.4 Å². The maximum absolute atomic E-state index is 12.9. The van der Waals surface area contributed by atoms with Gasteiger partial charge in [0.2, 0.25) is 0 Å². The second-order valence-electron chi connectivity index (χ2n) is 10.8. The first kappa shape index (κ1) is 28.5. The molecule has 214 valence electrons. The Hall–Kier alpha value is -3.63. The summed E-state index contributed by atoms with van der Waals surface area (Å²) in [5.74, 6) is 1.38. The van der Waals surface area contributed by atoms with Crippen molar-refractivity contribution in [2.24, 2.45) is 10.9 Å². The number of halogens is 1. The van der Waals surface area contributed by atoms with E-state index in [2.05, 4.69) is 82.3 Å². The van der Waals surface area contributed by atoms with Gasteiger partial charge in [-0.25, -0.2) is 0 Å². The Morgan fingerprint density at radius 1 is 0.952 bits per heavy atom. The monoisotopic (exact) mass is 690 g/mol. The predicted molar refractivity (Wildman–Crippen MR) is 176 cm³/mol. The first-order valence-electron chi connectivity index (χ1n) is 13.8. The third kappa shape index (κ3) is 5.70. The highest BCUT2D eigenvalue weighted by Gasteiger charge is 2.37. The second-order valence-corrected chi connectivity index (χ2v) is 13.5. The zero-order chi connectivity index (χ0) is 29.4. The van der Waals surface area contributed by atoms with Gasteiger partial charge in [0.15, 0.2) is 11.5 Å². The zero-order valence-electron chi connectivity index (χ0n) is 23.5. The molecule has 1 aliphatic heterocycles. The van der Waals surface area contributed by atoms with Crippen molar-refractivity contribution in [1.82, 2.24) is 0 Å². The summed E-state index contributed by atoms with van der Waals surface area (Å²) >= 11 is 2.05. The van der Waals surface area contributed by atoms with Gasteiger partial charge in [-0.1, -0.05) is 59.7 Å². The van der Waals surface area contributed by atoms with Crippen LogP contribution in [0.3, 0.4) is 0 Å². The van der Waals surface area contributed by atoms with Crippen LogP contribution in [0, 0.1) is 23.3 Å². The van der Waals surface area contributed by atoms with E-state index < -0.39 is 10.1 Å². The van der Waals surface area contributed by atoms with Gasteiger partial charge in [0.25, 0.3) is 0 Å². The Morgan fingerprint density at radius 3 is 2.43 bits per heavy atom. The van der Waals surface area contributed by atoms with Gasteiger partial charge in [-0.3, -0.25) is 4.99 Å². The van der Waals surface area contributed by atoms with Crippen LogP contribution < -0.4 is 14.2 Å². The number of hydrogen-bond acceptors (Lipinski definition) is 6. The van der Waals surface area contributed by atoms with E-state index >= 15 is 0 Å². The average Bonchev–Trinajstić information content (AvgIpc) is 3.48. The lowest BCUT2D eigenvalue weighted by Crippen LogP contribution is -2.29. The van der Waals surface area contributed by atoms with E-state index in [0.29, 0.717) is 21.2 Å². The second kappa shape index (κ2) is 11.6. The summed E-state index contributed by atoms with van der Waals surface area (Å²) in [5, 5.41) is 3.79. The van der Waals surface area contributed by atoms with E-state index in [0.717, 1.165) is 23.2 Å². The highest BCUT2D eigenvalue weighted by molar-refractivity contribution is 14.1. The topological polar surface area (TPSA) is 77.0 Å². The quantitative estimate of drug-likeness (QED) is 0.0915. The van der Waals surface area contributed by atoms with Crippen molar-refractivity contribution >= 4 is 50.3 Å². The molecule has 0 bridgehead atoms. The fraction of sp³-hybridized carbons (Fsp3) is 0.206. The summed E-state index contributed by atoms with van der Waals surface area (Å²) in [6, 6.07) is 25.3. The van der Waals surface area contributed by atoms with Crippen molar-refractivity contribution < 1.29 is 17.3 Å². The zero-order valence-corrected chi connectivity index (χ0v) is 26.5. The van der Waals surface area contributed by atoms with Crippen molar-refractivity contribution in [3.8, 4) is 11.5 Å². The number of fused-ring (bicyclic) bond motifs is 3. The van der Waals surface area contributed by atoms with Crippen LogP contribution in [0.2, 0.25) is 0 Å². The summed E-state index contributed by atoms with van der Waals surface area (Å²) in [4.78, 5) is 4.76. The van der Waals surface area contributed by atoms with Gasteiger partial charge in [-0.15, -0.1) is 0 Å². The lowest BCUT2D eigenvalue weighted by atomic mass is 9.76. The normalized spacial score (nSPS) is 19.3. The molecule has 42 heavy (non-hydrogen) atoms. The van der Waals surface area contributed by atoms with Crippen LogP contribution in [0.5, 0.6) is 11.5 Å². The number of hydrogen-bond donors (Lipinski definition) is 1. The average molecular weight is 691 g/mol. The molecule has 0 radical (unpaired) electrons. The van der Waals surface area contributed by atoms with Gasteiger partial charge in [0.05, 0.1) is 22.4 Å². The van der Waals surface area contributed by atoms with Gasteiger partial charge in [-0.05, 0) is 108 Å². The molecule has 8 heteroatoms. The van der Waals surface area contributed by atoms with Crippen LogP contribution in [0.4, 0.5) is 11.4 Å². The minimum Gasteiger partial charge on any atom is -0.493 e. The minimum atomic E-state index is -4.02. The van der Waals surface area contributed by atoms with Crippen LogP contribution in [-0.2, 0) is 10.1 Å². The summed E-state index contributed by atoms with van der Waals surface area (Å²) < 4.78 is 37.4. The number of allylic oxidation sites excluding steroid dienone is 2. The van der Waals surface area contributed by atoms with Crippen molar-refractivity contribution in [2.75, 3.05) is 12.4 Å². The minimum absolute atomic E-state index is 0.0856. The molecular formula is C34H31IN2O4S. The standard InChI is InChI=1S/C34H31IN2O4S/c1-21-7-14-26(15-8-21)42(38,39)41-34-30(35)18-23(19-32(34)40-3)20-36-25-12-10-24(11-13-25)33-28-6-4-5-27(28)29-17-22(2)9-16-31(29)37-33/h4-5,7-20,27-28,33,37H,6H2,1-3H3/t27-,28-,33-/m0/s1. The van der Waals surface area contributed by atoms with Crippen LogP contribution in [0.1, 0.15) is 46.2 Å². The molecule has 1 N–H and O–H groups in total. The highest BCUT2D eigenvalue weighted by Crippen LogP contribution is 2.50. The molecular weight excluding hydrogens is 659 g/mol. The van der Waals surface area contributed by atoms with Crippen LogP contribution in [-0.4, -0.2) is 21.7 Å². The van der Waals surface area contributed by atoms with E-state index in [9.17, 15) is 8.42 Å². The summed E-state index contributed by atoms with van der Waals surface area (Å²) in [5.41, 5.74) is 7.68. The number of rotatable bonds is 7. The molecule has 0 fully saturated rings. The molecule has 1 aliphatic carbocycles. The van der Waals surface area contributed by atoms with E-state index in [4.69, 9.17) is 8.92 Å². The van der Waals surface area contributed by atoms with Crippen molar-refractivity contribution in [1.29, 1.82) is 0 Å². The molecule has 0 unspecified atom stereocenters. The maximum Gasteiger partial charge on any atom is 0.339 e. The number of nitrogens with one attached hydrogen (secondary N) is 1. The molecule has 0 amide bonds. The molecule has 6 rings (SSSR count). The molecule has 4 aromatic rings. The number of aliphatic imine (C=N–C) groups is 1. The molecule has 2 aliphatic rings. The van der Waals surface area contributed by atoms with Crippen molar-refractivity contribution in [2.45, 2.75) is 37.1 Å². The Morgan fingerprint density at radius 2 is 1.69 bits per heavy atom. The third-order valence-corrected chi connectivity index (χ3v) is 9.92. The molecule has 0 saturated heterocycles. The molecule has 1 heterocycles. The number of nitrogens with zero attached hydrogens (tertiary/aromatic N) is 1. The smallest absolute Gasteiger partial charge is 0.339 e. The van der Waals surface area contributed by atoms with E-state index in [1.807, 2.05) is 25.1 Å². The molecule has 0 aromatic heterocycles. The number of benzene rings is 4. The lowest BCUT2D eigenvalue weighted by molar-refractivity contribution is 0.389. The van der Waals surface area contributed by atoms with E-state index in [-0.39, 0.29) is 16.7 Å². The van der Waals surface area contributed by atoms with Gasteiger partial charge >= 0.3 is 10.1 Å². The van der Waals surface area contributed by atoms with Gasteiger partial charge in [0, 0.05) is 17.8 Å². The summed E-state index contributed by atoms with van der Waals surface area (Å²) in [6.07, 6.45) is 7.47. The van der Waals surface area contributed by atoms with Gasteiger partial charge < -0.3 is 14.2 Å². The van der Waals surface area contributed by atoms with Crippen molar-refractivity contribution in [3.63, 3.8) is 0 Å². The first-order chi connectivity index (χ1) is 20.2. The first-order valence-corrected chi connectivity index (χ1v) is 16.3. The molecule has 6 nitrogen and oxygen atoms in total. The SMILES string of the molecule is COc1cc(C=Nc2ccc([C@@H]3Nc4ccc(C)cc4[C@H]4C=CC[C@@H]43)cc2)cc(I)c1OS(=O)(=O)c1ccc(C)cc1. The third-order valence-electron chi connectivity index (χ3n) is 7.89. The predicted octanol–water partition coefficient (Wildman–Crippen LogP) is 8.26. The Kier molecular flexibility index (Phi) is 7.85. The number of anilines is 1. The number of aryl methyl sites for hydroxylation is 2. The Balaban J connectivity index is 1.20. The summed E-state index contributed by atoms with van der Waals surface area (Å²) in [6.45, 7) is 4.04. The fourth-order valence-corrected chi connectivity index (χ4v) is 7.56. The fourth-order valence-electron chi connectivity index (χ4n) is 5.72. The maximum atomic E-state index is 12.9. The number of ether oxygens (including phenoxy) is 1. The summed E-state index contributed by atoms with van der Waals surface area (Å²) in [7, 11) is -2.53. The molecule has 4 aromatic carbocycles. The van der Waals surface area contributed by atoms with E-state index in [1.165, 1.54) is 41.6 Å². The van der Waals surface area contributed by atoms with Crippen LogP contribution in [0.15, 0.2) is 101 Å².